The monoisotopic (exact) mass is 391 g/mol. The first kappa shape index (κ1) is 18.9. The summed E-state index contributed by atoms with van der Waals surface area (Å²) in [5, 5.41) is 1.21. The van der Waals surface area contributed by atoms with Crippen molar-refractivity contribution in [2.24, 2.45) is 0 Å². The van der Waals surface area contributed by atoms with Crippen LogP contribution in [0.15, 0.2) is 53.3 Å². The van der Waals surface area contributed by atoms with Gasteiger partial charge in [-0.15, -0.1) is 0 Å². The van der Waals surface area contributed by atoms with Crippen molar-refractivity contribution >= 4 is 35.4 Å². The molecule has 0 unspecified atom stereocenters. The predicted octanol–water partition coefficient (Wildman–Crippen LogP) is 4.74. The van der Waals surface area contributed by atoms with Crippen LogP contribution in [0.25, 0.3) is 22.0 Å². The topological polar surface area (TPSA) is 68.4 Å². The molecule has 2 aromatic carbocycles. The standard InChI is InChI=1S/C19H19ClNO4P/c1-3-24-26(23,25-4-2)18-11-14-10-15(13-8-6-5-7-9-13)16(20)12-17(14)21-19(18)22/h5-12H,3-4H2,1-2H3,(H,21,22). The molecular formula is C19H19ClNO4P. The summed E-state index contributed by atoms with van der Waals surface area (Å²) in [5.41, 5.74) is 1.82. The summed E-state index contributed by atoms with van der Waals surface area (Å²) in [6, 6.07) is 14.8. The minimum absolute atomic E-state index is 0.00460. The summed E-state index contributed by atoms with van der Waals surface area (Å²) in [4.78, 5) is 15.2. The third-order valence-corrected chi connectivity index (χ3v) is 6.32. The highest BCUT2D eigenvalue weighted by Gasteiger charge is 2.30. The Morgan fingerprint density at radius 1 is 1.04 bits per heavy atom. The molecule has 1 aromatic heterocycles. The van der Waals surface area contributed by atoms with E-state index in [1.807, 2.05) is 36.4 Å². The molecule has 0 bridgehead atoms. The van der Waals surface area contributed by atoms with Crippen LogP contribution in [0.5, 0.6) is 0 Å². The fourth-order valence-corrected chi connectivity index (χ4v) is 4.68. The Hall–Kier alpha value is -1.91. The average Bonchev–Trinajstić information content (AvgIpc) is 2.62. The van der Waals surface area contributed by atoms with Gasteiger partial charge in [-0.05, 0) is 43.0 Å². The van der Waals surface area contributed by atoms with E-state index in [-0.39, 0.29) is 18.5 Å². The maximum atomic E-state index is 13.0. The van der Waals surface area contributed by atoms with Crippen LogP contribution in [0.1, 0.15) is 13.8 Å². The largest absolute Gasteiger partial charge is 0.366 e. The van der Waals surface area contributed by atoms with E-state index >= 15 is 0 Å². The van der Waals surface area contributed by atoms with Crippen LogP contribution >= 0.6 is 19.2 Å². The van der Waals surface area contributed by atoms with Crippen LogP contribution in [0.3, 0.4) is 0 Å². The molecule has 0 saturated carbocycles. The van der Waals surface area contributed by atoms with Gasteiger partial charge in [0.15, 0.2) is 0 Å². The van der Waals surface area contributed by atoms with Gasteiger partial charge < -0.3 is 14.0 Å². The summed E-state index contributed by atoms with van der Waals surface area (Å²) < 4.78 is 23.6. The molecule has 0 fully saturated rings. The Balaban J connectivity index is 2.22. The number of rotatable bonds is 6. The molecule has 1 heterocycles. The SMILES string of the molecule is CCOP(=O)(OCC)c1cc2cc(-c3ccccc3)c(Cl)cc2[nH]c1=O. The smallest absolute Gasteiger partial charge is 0.321 e. The van der Waals surface area contributed by atoms with Gasteiger partial charge in [0.1, 0.15) is 5.30 Å². The Bertz CT molecular complexity index is 1020. The van der Waals surface area contributed by atoms with E-state index in [1.165, 1.54) is 0 Å². The van der Waals surface area contributed by atoms with Crippen LogP contribution < -0.4 is 10.9 Å². The molecule has 0 aliphatic rings. The molecule has 0 atom stereocenters. The fourth-order valence-electron chi connectivity index (χ4n) is 2.78. The molecule has 3 aromatic rings. The number of aromatic amines is 1. The molecule has 3 rings (SSSR count). The van der Waals surface area contributed by atoms with Crippen molar-refractivity contribution in [1.29, 1.82) is 0 Å². The predicted molar refractivity (Wildman–Crippen MR) is 106 cm³/mol. The molecule has 0 aliphatic heterocycles. The Morgan fingerprint density at radius 2 is 1.69 bits per heavy atom. The molecule has 26 heavy (non-hydrogen) atoms. The van der Waals surface area contributed by atoms with E-state index < -0.39 is 13.2 Å². The average molecular weight is 392 g/mol. The number of pyridine rings is 1. The van der Waals surface area contributed by atoms with Crippen LogP contribution in [0, 0.1) is 0 Å². The van der Waals surface area contributed by atoms with Crippen LogP contribution in [-0.2, 0) is 13.6 Å². The Labute approximate surface area is 156 Å². The van der Waals surface area contributed by atoms with Gasteiger partial charge in [-0.3, -0.25) is 9.36 Å². The first-order chi connectivity index (χ1) is 12.5. The number of aromatic nitrogens is 1. The molecule has 7 heteroatoms. The highest BCUT2D eigenvalue weighted by atomic mass is 35.5. The molecule has 0 aliphatic carbocycles. The van der Waals surface area contributed by atoms with E-state index in [9.17, 15) is 9.36 Å². The lowest BCUT2D eigenvalue weighted by Gasteiger charge is -2.17. The van der Waals surface area contributed by atoms with E-state index in [0.717, 1.165) is 11.1 Å². The van der Waals surface area contributed by atoms with E-state index in [0.29, 0.717) is 15.9 Å². The molecule has 1 N–H and O–H groups in total. The zero-order chi connectivity index (χ0) is 18.7. The van der Waals surface area contributed by atoms with Crippen molar-refractivity contribution in [3.8, 4) is 11.1 Å². The van der Waals surface area contributed by atoms with Crippen LogP contribution in [-0.4, -0.2) is 18.2 Å². The normalized spacial score (nSPS) is 11.8. The second kappa shape index (κ2) is 7.77. The van der Waals surface area contributed by atoms with Gasteiger partial charge in [0.05, 0.1) is 18.2 Å². The summed E-state index contributed by atoms with van der Waals surface area (Å²) in [6.45, 7) is 3.75. The Kier molecular flexibility index (Phi) is 5.64. The van der Waals surface area contributed by atoms with Crippen molar-refractivity contribution in [1.82, 2.24) is 4.98 Å². The lowest BCUT2D eigenvalue weighted by molar-refractivity contribution is 0.229. The molecule has 0 saturated heterocycles. The second-order valence-corrected chi connectivity index (χ2v) is 8.00. The highest BCUT2D eigenvalue weighted by molar-refractivity contribution is 7.62. The van der Waals surface area contributed by atoms with Crippen molar-refractivity contribution in [2.45, 2.75) is 13.8 Å². The van der Waals surface area contributed by atoms with Crippen LogP contribution in [0.2, 0.25) is 5.02 Å². The number of hydrogen-bond donors (Lipinski definition) is 1. The van der Waals surface area contributed by atoms with Gasteiger partial charge in [0.25, 0.3) is 5.56 Å². The van der Waals surface area contributed by atoms with E-state index in [2.05, 4.69) is 4.98 Å². The maximum absolute atomic E-state index is 13.0. The lowest BCUT2D eigenvalue weighted by atomic mass is 10.0. The fraction of sp³-hybridized carbons (Fsp3) is 0.211. The van der Waals surface area contributed by atoms with E-state index in [1.54, 1.807) is 26.0 Å². The van der Waals surface area contributed by atoms with Gasteiger partial charge in [0.2, 0.25) is 0 Å². The number of hydrogen-bond acceptors (Lipinski definition) is 4. The van der Waals surface area contributed by atoms with Gasteiger partial charge in [0, 0.05) is 11.1 Å². The second-order valence-electron chi connectivity index (χ2n) is 5.60. The number of H-pyrrole nitrogens is 1. The number of benzene rings is 2. The Morgan fingerprint density at radius 3 is 2.31 bits per heavy atom. The zero-order valence-corrected chi connectivity index (χ0v) is 16.1. The lowest BCUT2D eigenvalue weighted by Crippen LogP contribution is -2.29. The van der Waals surface area contributed by atoms with Crippen molar-refractivity contribution in [3.05, 3.63) is 63.9 Å². The first-order valence-electron chi connectivity index (χ1n) is 8.30. The van der Waals surface area contributed by atoms with Crippen molar-refractivity contribution < 1.29 is 13.6 Å². The molecule has 0 amide bonds. The van der Waals surface area contributed by atoms with Gasteiger partial charge >= 0.3 is 7.60 Å². The number of halogens is 1. The quantitative estimate of drug-likeness (QED) is 0.616. The van der Waals surface area contributed by atoms with Crippen molar-refractivity contribution in [2.75, 3.05) is 13.2 Å². The number of fused-ring (bicyclic) bond motifs is 1. The third-order valence-electron chi connectivity index (χ3n) is 3.89. The molecule has 136 valence electrons. The minimum Gasteiger partial charge on any atom is -0.321 e. The zero-order valence-electron chi connectivity index (χ0n) is 14.5. The van der Waals surface area contributed by atoms with Gasteiger partial charge in [-0.25, -0.2) is 0 Å². The van der Waals surface area contributed by atoms with Crippen LogP contribution in [0.4, 0.5) is 0 Å². The summed E-state index contributed by atoms with van der Waals surface area (Å²) in [5.74, 6) is 0. The first-order valence-corrected chi connectivity index (χ1v) is 10.2. The van der Waals surface area contributed by atoms with E-state index in [4.69, 9.17) is 20.6 Å². The molecular weight excluding hydrogens is 373 g/mol. The van der Waals surface area contributed by atoms with Crippen molar-refractivity contribution in [3.63, 3.8) is 0 Å². The summed E-state index contributed by atoms with van der Waals surface area (Å²) >= 11 is 6.39. The summed E-state index contributed by atoms with van der Waals surface area (Å²) in [6.07, 6.45) is 0. The van der Waals surface area contributed by atoms with Gasteiger partial charge in [-0.2, -0.15) is 0 Å². The molecule has 0 spiro atoms. The highest BCUT2D eigenvalue weighted by Crippen LogP contribution is 2.46. The summed E-state index contributed by atoms with van der Waals surface area (Å²) in [7, 11) is -3.69. The minimum atomic E-state index is -3.69. The third kappa shape index (κ3) is 3.62. The maximum Gasteiger partial charge on any atom is 0.366 e. The molecule has 0 radical (unpaired) electrons. The van der Waals surface area contributed by atoms with Gasteiger partial charge in [-0.1, -0.05) is 41.9 Å². The molecule has 5 nitrogen and oxygen atoms in total. The number of nitrogens with one attached hydrogen (secondary N) is 1.